The SMILES string of the molecule is O=C([O-])[C@H]1Cc2nc[nH]c2CN1.[Li+]. The normalized spacial score (nSPS) is 20.2. The Morgan fingerprint density at radius 1 is 1.69 bits per heavy atom. The van der Waals surface area contributed by atoms with Crippen LogP contribution < -0.4 is 29.3 Å². The number of aromatic amines is 1. The number of hydrogen-bond donors (Lipinski definition) is 2. The molecule has 0 saturated carbocycles. The van der Waals surface area contributed by atoms with Crippen molar-refractivity contribution >= 4 is 5.97 Å². The molecule has 2 rings (SSSR count). The number of carboxylic acid groups (broad SMARTS) is 1. The van der Waals surface area contributed by atoms with Crippen LogP contribution in [0.25, 0.3) is 0 Å². The summed E-state index contributed by atoms with van der Waals surface area (Å²) in [5.74, 6) is -1.07. The van der Waals surface area contributed by atoms with Gasteiger partial charge < -0.3 is 20.2 Å². The molecule has 64 valence electrons. The summed E-state index contributed by atoms with van der Waals surface area (Å²) in [6.45, 7) is 0.522. The van der Waals surface area contributed by atoms with Crippen LogP contribution in [0.5, 0.6) is 0 Å². The van der Waals surface area contributed by atoms with Crippen LogP contribution in [-0.4, -0.2) is 22.0 Å². The van der Waals surface area contributed by atoms with Crippen molar-refractivity contribution < 1.29 is 28.8 Å². The van der Waals surface area contributed by atoms with E-state index in [4.69, 9.17) is 0 Å². The molecule has 1 aromatic heterocycles. The molecule has 0 aliphatic carbocycles. The molecule has 2 heterocycles. The van der Waals surface area contributed by atoms with E-state index in [9.17, 15) is 9.90 Å². The standard InChI is InChI=1S/C7H9N3O2.Li/c11-7(12)5-1-4-6(2-8-5)10-3-9-4;/h3,5,8H,1-2H2,(H,9,10)(H,11,12);/q;+1/p-1/t5-;/m1./s1. The Hall–Kier alpha value is -0.763. The third-order valence-corrected chi connectivity index (χ3v) is 2.01. The van der Waals surface area contributed by atoms with Crippen LogP contribution in [0.4, 0.5) is 0 Å². The molecule has 6 heteroatoms. The second-order valence-electron chi connectivity index (χ2n) is 2.78. The third kappa shape index (κ3) is 1.94. The van der Waals surface area contributed by atoms with Gasteiger partial charge in [0.2, 0.25) is 0 Å². The first-order valence-corrected chi connectivity index (χ1v) is 3.72. The molecule has 0 spiro atoms. The minimum atomic E-state index is -1.07. The average molecular weight is 173 g/mol. The molecule has 0 unspecified atom stereocenters. The van der Waals surface area contributed by atoms with Crippen molar-refractivity contribution in [1.82, 2.24) is 15.3 Å². The molecule has 0 radical (unpaired) electrons. The van der Waals surface area contributed by atoms with E-state index in [-0.39, 0.29) is 18.9 Å². The summed E-state index contributed by atoms with van der Waals surface area (Å²) in [7, 11) is 0. The third-order valence-electron chi connectivity index (χ3n) is 2.01. The predicted octanol–water partition coefficient (Wildman–Crippen LogP) is -4.82. The number of carboxylic acids is 1. The van der Waals surface area contributed by atoms with Gasteiger partial charge in [0.15, 0.2) is 0 Å². The molecule has 1 atom stereocenters. The number of aromatic nitrogens is 2. The van der Waals surface area contributed by atoms with Crippen molar-refractivity contribution in [1.29, 1.82) is 0 Å². The van der Waals surface area contributed by atoms with E-state index in [0.29, 0.717) is 13.0 Å². The average Bonchev–Trinajstić information content (AvgIpc) is 2.49. The van der Waals surface area contributed by atoms with Crippen LogP contribution in [-0.2, 0) is 17.8 Å². The van der Waals surface area contributed by atoms with Crippen LogP contribution in [0.3, 0.4) is 0 Å². The van der Waals surface area contributed by atoms with Gasteiger partial charge in [0, 0.05) is 13.0 Å². The van der Waals surface area contributed by atoms with Crippen LogP contribution in [0, 0.1) is 0 Å². The van der Waals surface area contributed by atoms with E-state index in [1.165, 1.54) is 0 Å². The van der Waals surface area contributed by atoms with E-state index in [1.54, 1.807) is 6.33 Å². The van der Waals surface area contributed by atoms with Gasteiger partial charge in [-0.2, -0.15) is 0 Å². The Morgan fingerprint density at radius 3 is 3.15 bits per heavy atom. The van der Waals surface area contributed by atoms with Crippen LogP contribution in [0.15, 0.2) is 6.33 Å². The summed E-state index contributed by atoms with van der Waals surface area (Å²) in [5, 5.41) is 13.3. The molecule has 13 heavy (non-hydrogen) atoms. The van der Waals surface area contributed by atoms with Crippen molar-refractivity contribution in [3.63, 3.8) is 0 Å². The van der Waals surface area contributed by atoms with Crippen LogP contribution >= 0.6 is 0 Å². The zero-order valence-electron chi connectivity index (χ0n) is 7.33. The molecule has 2 N–H and O–H groups in total. The van der Waals surface area contributed by atoms with Gasteiger partial charge in [0.1, 0.15) is 0 Å². The zero-order valence-corrected chi connectivity index (χ0v) is 7.33. The molecule has 0 saturated heterocycles. The number of hydrogen-bond acceptors (Lipinski definition) is 4. The number of rotatable bonds is 1. The molecule has 0 bridgehead atoms. The fraction of sp³-hybridized carbons (Fsp3) is 0.429. The smallest absolute Gasteiger partial charge is 0.548 e. The molecular formula is C7H8LiN3O2. The summed E-state index contributed by atoms with van der Waals surface area (Å²) < 4.78 is 0. The maximum absolute atomic E-state index is 10.5. The Morgan fingerprint density at radius 2 is 2.46 bits per heavy atom. The Bertz CT molecular complexity index is 312. The largest absolute Gasteiger partial charge is 1.00 e. The number of fused-ring (bicyclic) bond motifs is 1. The minimum Gasteiger partial charge on any atom is -0.548 e. The molecule has 1 aliphatic rings. The minimum absolute atomic E-state index is 0. The number of carbonyl (C=O) groups excluding carboxylic acids is 1. The van der Waals surface area contributed by atoms with E-state index in [1.807, 2.05) is 0 Å². The number of nitrogens with one attached hydrogen (secondary N) is 2. The van der Waals surface area contributed by atoms with Crippen molar-refractivity contribution in [2.45, 2.75) is 19.0 Å². The van der Waals surface area contributed by atoms with Gasteiger partial charge in [-0.05, 0) is 0 Å². The van der Waals surface area contributed by atoms with Crippen molar-refractivity contribution in [3.05, 3.63) is 17.7 Å². The van der Waals surface area contributed by atoms with Gasteiger partial charge in [-0.1, -0.05) is 0 Å². The van der Waals surface area contributed by atoms with Gasteiger partial charge in [-0.25, -0.2) is 4.98 Å². The number of H-pyrrole nitrogens is 1. The number of imidazole rings is 1. The molecule has 0 amide bonds. The monoisotopic (exact) mass is 173 g/mol. The quantitative estimate of drug-likeness (QED) is 0.417. The fourth-order valence-corrected chi connectivity index (χ4v) is 1.34. The number of aliphatic carboxylic acids is 1. The number of carbonyl (C=O) groups is 1. The first-order valence-electron chi connectivity index (χ1n) is 3.72. The molecule has 0 fully saturated rings. The Kier molecular flexibility index (Phi) is 3.15. The fourth-order valence-electron chi connectivity index (χ4n) is 1.34. The van der Waals surface area contributed by atoms with E-state index in [0.717, 1.165) is 11.4 Å². The van der Waals surface area contributed by atoms with Crippen molar-refractivity contribution in [2.24, 2.45) is 0 Å². The van der Waals surface area contributed by atoms with E-state index < -0.39 is 12.0 Å². The second-order valence-corrected chi connectivity index (χ2v) is 2.78. The van der Waals surface area contributed by atoms with Gasteiger partial charge in [0.25, 0.3) is 0 Å². The summed E-state index contributed by atoms with van der Waals surface area (Å²) >= 11 is 0. The second kappa shape index (κ2) is 3.96. The van der Waals surface area contributed by atoms with Gasteiger partial charge in [-0.3, -0.25) is 0 Å². The molecule has 5 nitrogen and oxygen atoms in total. The summed E-state index contributed by atoms with van der Waals surface area (Å²) in [6, 6.07) is -0.596. The molecule has 1 aliphatic heterocycles. The first kappa shape index (κ1) is 10.3. The van der Waals surface area contributed by atoms with Crippen molar-refractivity contribution in [2.75, 3.05) is 0 Å². The molecule has 0 aromatic carbocycles. The summed E-state index contributed by atoms with van der Waals surface area (Å²) in [5.41, 5.74) is 1.79. The van der Waals surface area contributed by atoms with Gasteiger partial charge in [0.05, 0.1) is 29.7 Å². The van der Waals surface area contributed by atoms with Crippen LogP contribution in [0.2, 0.25) is 0 Å². The summed E-state index contributed by atoms with van der Waals surface area (Å²) in [4.78, 5) is 17.4. The van der Waals surface area contributed by atoms with Gasteiger partial charge >= 0.3 is 18.9 Å². The molecule has 1 aromatic rings. The Labute approximate surface area is 87.1 Å². The van der Waals surface area contributed by atoms with Crippen molar-refractivity contribution in [3.8, 4) is 0 Å². The maximum atomic E-state index is 10.5. The van der Waals surface area contributed by atoms with Gasteiger partial charge in [-0.15, -0.1) is 0 Å². The van der Waals surface area contributed by atoms with E-state index in [2.05, 4.69) is 15.3 Å². The Balaban J connectivity index is 0.000000845. The summed E-state index contributed by atoms with van der Waals surface area (Å²) in [6.07, 6.45) is 1.98. The number of nitrogens with zero attached hydrogens (tertiary/aromatic N) is 1. The topological polar surface area (TPSA) is 80.8 Å². The first-order chi connectivity index (χ1) is 5.77. The maximum Gasteiger partial charge on any atom is 1.00 e. The molecular weight excluding hydrogens is 165 g/mol. The van der Waals surface area contributed by atoms with Crippen LogP contribution in [0.1, 0.15) is 11.4 Å². The predicted molar refractivity (Wildman–Crippen MR) is 37.9 cm³/mol. The van der Waals surface area contributed by atoms with E-state index >= 15 is 0 Å². The zero-order chi connectivity index (χ0) is 8.55.